The molecule has 28 heavy (non-hydrogen) atoms. The van der Waals surface area contributed by atoms with Crippen LogP contribution in [-0.4, -0.2) is 53.6 Å². The molecule has 1 saturated heterocycles. The van der Waals surface area contributed by atoms with E-state index >= 15 is 0 Å². The van der Waals surface area contributed by atoms with Crippen molar-refractivity contribution >= 4 is 11.7 Å². The molecule has 0 bridgehead atoms. The minimum Gasteiger partial charge on any atom is -0.481 e. The van der Waals surface area contributed by atoms with Crippen LogP contribution in [0.25, 0.3) is 0 Å². The number of carboxylic acid groups (broad SMARTS) is 1. The Hall–Kier alpha value is -2.57. The summed E-state index contributed by atoms with van der Waals surface area (Å²) in [6.45, 7) is 7.57. The lowest BCUT2D eigenvalue weighted by Crippen LogP contribution is -2.52. The van der Waals surface area contributed by atoms with Crippen LogP contribution in [0.4, 0.5) is 5.69 Å². The summed E-state index contributed by atoms with van der Waals surface area (Å²) in [5.74, 6) is 0.960. The fourth-order valence-electron chi connectivity index (χ4n) is 3.91. The van der Waals surface area contributed by atoms with Gasteiger partial charge < -0.3 is 15.2 Å². The Morgan fingerprint density at radius 2 is 1.71 bits per heavy atom. The third-order valence-electron chi connectivity index (χ3n) is 5.58. The van der Waals surface area contributed by atoms with Gasteiger partial charge in [-0.2, -0.15) is 0 Å². The first-order valence-corrected chi connectivity index (χ1v) is 9.76. The number of aliphatic carboxylic acids is 1. The quantitative estimate of drug-likeness (QED) is 0.843. The Morgan fingerprint density at radius 3 is 2.43 bits per heavy atom. The van der Waals surface area contributed by atoms with Gasteiger partial charge in [0.15, 0.2) is 5.75 Å². The van der Waals surface area contributed by atoms with Crippen molar-refractivity contribution in [2.75, 3.05) is 38.0 Å². The van der Waals surface area contributed by atoms with Crippen molar-refractivity contribution in [3.8, 4) is 11.5 Å². The fraction of sp³-hybridized carbons (Fsp3) is 0.409. The third-order valence-corrected chi connectivity index (χ3v) is 5.58. The molecular weight excluding hydrogens is 354 g/mol. The van der Waals surface area contributed by atoms with Crippen molar-refractivity contribution in [2.24, 2.45) is 5.41 Å². The summed E-state index contributed by atoms with van der Waals surface area (Å²) < 4.78 is 6.17. The van der Waals surface area contributed by atoms with E-state index in [0.29, 0.717) is 6.54 Å². The van der Waals surface area contributed by atoms with Crippen LogP contribution in [0.1, 0.15) is 25.6 Å². The van der Waals surface area contributed by atoms with E-state index in [4.69, 9.17) is 4.74 Å². The van der Waals surface area contributed by atoms with Crippen LogP contribution in [0.5, 0.6) is 11.5 Å². The second kappa shape index (κ2) is 7.45. The first kappa shape index (κ1) is 18.8. The van der Waals surface area contributed by atoms with Crippen molar-refractivity contribution in [1.29, 1.82) is 0 Å². The summed E-state index contributed by atoms with van der Waals surface area (Å²) >= 11 is 0. The van der Waals surface area contributed by atoms with E-state index in [2.05, 4.69) is 21.2 Å². The zero-order valence-corrected chi connectivity index (χ0v) is 16.4. The second-order valence-electron chi connectivity index (χ2n) is 8.18. The molecule has 0 saturated carbocycles. The van der Waals surface area contributed by atoms with E-state index in [1.54, 1.807) is 13.8 Å². The number of rotatable bonds is 4. The molecule has 6 nitrogen and oxygen atoms in total. The van der Waals surface area contributed by atoms with Crippen LogP contribution in [0, 0.1) is 5.41 Å². The number of benzene rings is 2. The molecule has 2 aromatic carbocycles. The van der Waals surface area contributed by atoms with Crippen LogP contribution < -0.4 is 10.1 Å². The lowest BCUT2D eigenvalue weighted by molar-refractivity contribution is -0.148. The fourth-order valence-corrected chi connectivity index (χ4v) is 3.91. The monoisotopic (exact) mass is 381 g/mol. The molecule has 1 atom stereocenters. The molecule has 6 heteroatoms. The van der Waals surface area contributed by atoms with Crippen molar-refractivity contribution in [3.63, 3.8) is 0 Å². The van der Waals surface area contributed by atoms with Crippen molar-refractivity contribution in [3.05, 3.63) is 54.1 Å². The molecule has 2 aliphatic heterocycles. The lowest BCUT2D eigenvalue weighted by atomic mass is 9.93. The number of nitrogens with one attached hydrogen (secondary N) is 1. The van der Waals surface area contributed by atoms with Gasteiger partial charge in [-0.25, -0.2) is 0 Å². The number of ether oxygens (including phenoxy) is 1. The minimum atomic E-state index is -0.747. The molecule has 0 aliphatic carbocycles. The summed E-state index contributed by atoms with van der Waals surface area (Å²) in [5.41, 5.74) is 1.37. The van der Waals surface area contributed by atoms with Gasteiger partial charge in [-0.3, -0.25) is 14.6 Å². The van der Waals surface area contributed by atoms with Crippen molar-refractivity contribution in [1.82, 2.24) is 9.80 Å². The van der Waals surface area contributed by atoms with Gasteiger partial charge in [0, 0.05) is 38.3 Å². The van der Waals surface area contributed by atoms with E-state index in [1.807, 2.05) is 42.5 Å². The smallest absolute Gasteiger partial charge is 0.310 e. The van der Waals surface area contributed by atoms with Crippen LogP contribution in [-0.2, 0) is 4.79 Å². The van der Waals surface area contributed by atoms with Crippen molar-refractivity contribution in [2.45, 2.75) is 20.0 Å². The van der Waals surface area contributed by atoms with Crippen LogP contribution in [0.3, 0.4) is 0 Å². The van der Waals surface area contributed by atoms with Gasteiger partial charge in [-0.1, -0.05) is 30.3 Å². The molecule has 1 fully saturated rings. The normalized spacial score (nSPS) is 20.3. The minimum absolute atomic E-state index is 0.0227. The van der Waals surface area contributed by atoms with Crippen LogP contribution in [0.2, 0.25) is 0 Å². The van der Waals surface area contributed by atoms with Gasteiger partial charge in [0.2, 0.25) is 0 Å². The maximum atomic E-state index is 11.4. The number of carbonyl (C=O) groups is 1. The number of carboxylic acids is 1. The van der Waals surface area contributed by atoms with E-state index < -0.39 is 11.4 Å². The highest BCUT2D eigenvalue weighted by Gasteiger charge is 2.34. The number of fused-ring (bicyclic) bond motifs is 2. The van der Waals surface area contributed by atoms with Crippen LogP contribution in [0.15, 0.2) is 48.5 Å². The highest BCUT2D eigenvalue weighted by molar-refractivity contribution is 5.73. The highest BCUT2D eigenvalue weighted by atomic mass is 16.5. The molecule has 2 heterocycles. The Kier molecular flexibility index (Phi) is 5.00. The van der Waals surface area contributed by atoms with E-state index in [0.717, 1.165) is 48.9 Å². The first-order chi connectivity index (χ1) is 13.4. The Balaban J connectivity index is 1.52. The Morgan fingerprint density at radius 1 is 1.07 bits per heavy atom. The van der Waals surface area contributed by atoms with Crippen LogP contribution >= 0.6 is 0 Å². The predicted molar refractivity (Wildman–Crippen MR) is 109 cm³/mol. The van der Waals surface area contributed by atoms with Crippen molar-refractivity contribution < 1.29 is 14.6 Å². The van der Waals surface area contributed by atoms with Gasteiger partial charge in [0.05, 0.1) is 11.1 Å². The molecule has 1 unspecified atom stereocenters. The summed E-state index contributed by atoms with van der Waals surface area (Å²) in [6.07, 6.45) is 0.0227. The largest absolute Gasteiger partial charge is 0.481 e. The maximum Gasteiger partial charge on any atom is 0.310 e. The zero-order chi connectivity index (χ0) is 19.7. The van der Waals surface area contributed by atoms with E-state index in [9.17, 15) is 9.90 Å². The third kappa shape index (κ3) is 3.70. The summed E-state index contributed by atoms with van der Waals surface area (Å²) in [5, 5.41) is 13.1. The molecule has 0 amide bonds. The summed E-state index contributed by atoms with van der Waals surface area (Å²) in [7, 11) is 0. The summed E-state index contributed by atoms with van der Waals surface area (Å²) in [4.78, 5) is 16.1. The number of hydrogen-bond donors (Lipinski definition) is 2. The molecule has 0 spiro atoms. The number of nitrogens with zero attached hydrogens (tertiary/aromatic N) is 2. The van der Waals surface area contributed by atoms with Gasteiger partial charge in [0.1, 0.15) is 11.9 Å². The molecule has 0 aromatic heterocycles. The number of hydrogen-bond acceptors (Lipinski definition) is 5. The molecule has 4 rings (SSSR count). The van der Waals surface area contributed by atoms with E-state index in [1.165, 1.54) is 0 Å². The molecule has 0 radical (unpaired) electrons. The summed E-state index contributed by atoms with van der Waals surface area (Å²) in [6, 6.07) is 16.2. The molecule has 148 valence electrons. The molecule has 2 N–H and O–H groups in total. The topological polar surface area (TPSA) is 65.0 Å². The molecular formula is C22H27N3O3. The SMILES string of the molecule is CC(C)(CN1CCN(C2Nc3ccccc3Oc3ccccc32)CC1)C(=O)O. The average molecular weight is 381 g/mol. The van der Waals surface area contributed by atoms with E-state index in [-0.39, 0.29) is 6.17 Å². The molecule has 2 aliphatic rings. The average Bonchev–Trinajstić information content (AvgIpc) is 2.85. The number of para-hydroxylation sites is 3. The van der Waals surface area contributed by atoms with Gasteiger partial charge in [-0.15, -0.1) is 0 Å². The lowest BCUT2D eigenvalue weighted by Gasteiger charge is -2.41. The van der Waals surface area contributed by atoms with Gasteiger partial charge >= 0.3 is 5.97 Å². The standard InChI is InChI=1S/C22H27N3O3/c1-22(2,21(26)27)15-24-11-13-25(14-12-24)20-16-7-3-5-9-18(16)28-19-10-6-4-8-17(19)23-20/h3-10,20,23H,11-15H2,1-2H3,(H,26,27). The zero-order valence-electron chi connectivity index (χ0n) is 16.4. The number of piperazine rings is 1. The van der Waals surface area contributed by atoms with Gasteiger partial charge in [-0.05, 0) is 32.0 Å². The molecule has 2 aromatic rings. The maximum absolute atomic E-state index is 11.4. The Labute approximate surface area is 165 Å². The Bertz CT molecular complexity index is 860. The highest BCUT2D eigenvalue weighted by Crippen LogP contribution is 2.41. The second-order valence-corrected chi connectivity index (χ2v) is 8.18. The first-order valence-electron chi connectivity index (χ1n) is 9.76. The predicted octanol–water partition coefficient (Wildman–Crippen LogP) is 3.63. The van der Waals surface area contributed by atoms with Gasteiger partial charge in [0.25, 0.3) is 0 Å². The number of anilines is 1.